The fraction of sp³-hybridized carbons (Fsp3) is 0.474. The Hall–Kier alpha value is -1.92. The molecule has 0 atom stereocenters. The van der Waals surface area contributed by atoms with Crippen molar-refractivity contribution in [1.82, 2.24) is 9.88 Å². The molecule has 0 spiro atoms. The standard InChI is InChI=1S/C19H25N3O2S/c1-3-10-21(11-15-6-4-5-7-18(15)24)12-16-13-25-19(20-16)22(14(2)23)17-8-9-17/h4-7,13,17,24H,3,8-12H2,1-2H3. The molecule has 1 amide bonds. The number of phenolic OH excluding ortho intramolecular Hbond substituents is 1. The number of thiazole rings is 1. The maximum Gasteiger partial charge on any atom is 0.225 e. The lowest BCUT2D eigenvalue weighted by atomic mass is 10.2. The number of aromatic hydroxyl groups is 1. The minimum absolute atomic E-state index is 0.0722. The van der Waals surface area contributed by atoms with E-state index in [4.69, 9.17) is 4.98 Å². The van der Waals surface area contributed by atoms with Gasteiger partial charge in [-0.2, -0.15) is 0 Å². The summed E-state index contributed by atoms with van der Waals surface area (Å²) in [7, 11) is 0. The van der Waals surface area contributed by atoms with Crippen LogP contribution in [0, 0.1) is 0 Å². The van der Waals surface area contributed by atoms with Gasteiger partial charge in [0, 0.05) is 37.0 Å². The molecule has 1 aliphatic rings. The molecule has 0 unspecified atom stereocenters. The summed E-state index contributed by atoms with van der Waals surface area (Å²) < 4.78 is 0. The zero-order valence-corrected chi connectivity index (χ0v) is 15.6. The van der Waals surface area contributed by atoms with Crippen molar-refractivity contribution in [2.24, 2.45) is 0 Å². The van der Waals surface area contributed by atoms with Crippen molar-refractivity contribution in [3.63, 3.8) is 0 Å². The first-order valence-electron chi connectivity index (χ1n) is 8.82. The summed E-state index contributed by atoms with van der Waals surface area (Å²) in [5.41, 5.74) is 1.91. The van der Waals surface area contributed by atoms with Crippen molar-refractivity contribution in [3.05, 3.63) is 40.9 Å². The molecule has 1 aromatic carbocycles. The van der Waals surface area contributed by atoms with E-state index in [1.807, 2.05) is 28.5 Å². The molecule has 1 fully saturated rings. The fourth-order valence-electron chi connectivity index (χ4n) is 3.01. The lowest BCUT2D eigenvalue weighted by Gasteiger charge is -2.21. The predicted molar refractivity (Wildman–Crippen MR) is 101 cm³/mol. The molecule has 1 saturated carbocycles. The Morgan fingerprint density at radius 1 is 1.32 bits per heavy atom. The van der Waals surface area contributed by atoms with E-state index in [2.05, 4.69) is 11.8 Å². The molecular formula is C19H25N3O2S. The van der Waals surface area contributed by atoms with E-state index in [0.29, 0.717) is 18.3 Å². The topological polar surface area (TPSA) is 56.7 Å². The number of amides is 1. The molecule has 0 radical (unpaired) electrons. The minimum Gasteiger partial charge on any atom is -0.508 e. The lowest BCUT2D eigenvalue weighted by Crippen LogP contribution is -2.30. The maximum atomic E-state index is 11.9. The van der Waals surface area contributed by atoms with Crippen LogP contribution >= 0.6 is 11.3 Å². The molecule has 134 valence electrons. The Bertz CT molecular complexity index is 727. The number of carbonyl (C=O) groups excluding carboxylic acids is 1. The van der Waals surface area contributed by atoms with Crippen molar-refractivity contribution in [2.75, 3.05) is 11.4 Å². The zero-order chi connectivity index (χ0) is 17.8. The summed E-state index contributed by atoms with van der Waals surface area (Å²) in [5.74, 6) is 0.405. The molecule has 1 heterocycles. The quantitative estimate of drug-likeness (QED) is 0.779. The largest absolute Gasteiger partial charge is 0.508 e. The third kappa shape index (κ3) is 4.58. The van der Waals surface area contributed by atoms with Crippen molar-refractivity contribution >= 4 is 22.4 Å². The second-order valence-corrected chi connectivity index (χ2v) is 7.42. The summed E-state index contributed by atoms with van der Waals surface area (Å²) >= 11 is 1.54. The monoisotopic (exact) mass is 359 g/mol. The van der Waals surface area contributed by atoms with Crippen LogP contribution < -0.4 is 4.90 Å². The Balaban J connectivity index is 1.70. The van der Waals surface area contributed by atoms with Crippen molar-refractivity contribution in [1.29, 1.82) is 0 Å². The van der Waals surface area contributed by atoms with Crippen LogP contribution in [0.3, 0.4) is 0 Å². The van der Waals surface area contributed by atoms with Crippen LogP contribution in [-0.4, -0.2) is 33.5 Å². The van der Waals surface area contributed by atoms with E-state index in [9.17, 15) is 9.90 Å². The Labute approximate surface area is 152 Å². The second-order valence-electron chi connectivity index (χ2n) is 6.58. The van der Waals surface area contributed by atoms with Gasteiger partial charge in [-0.1, -0.05) is 25.1 Å². The van der Waals surface area contributed by atoms with Crippen molar-refractivity contribution in [3.8, 4) is 5.75 Å². The molecular weight excluding hydrogens is 334 g/mol. The summed E-state index contributed by atoms with van der Waals surface area (Å²) in [4.78, 5) is 20.7. The maximum absolute atomic E-state index is 11.9. The van der Waals surface area contributed by atoms with E-state index >= 15 is 0 Å². The first-order valence-corrected chi connectivity index (χ1v) is 9.70. The zero-order valence-electron chi connectivity index (χ0n) is 14.8. The summed E-state index contributed by atoms with van der Waals surface area (Å²) in [6.07, 6.45) is 3.18. The van der Waals surface area contributed by atoms with Gasteiger partial charge in [-0.15, -0.1) is 11.3 Å². The average molecular weight is 359 g/mol. The molecule has 6 heteroatoms. The van der Waals surface area contributed by atoms with Crippen LogP contribution in [0.5, 0.6) is 5.75 Å². The molecule has 1 aromatic heterocycles. The molecule has 25 heavy (non-hydrogen) atoms. The van der Waals surface area contributed by atoms with Crippen LogP contribution in [0.4, 0.5) is 5.13 Å². The highest BCUT2D eigenvalue weighted by Gasteiger charge is 2.33. The van der Waals surface area contributed by atoms with Crippen LogP contribution in [0.1, 0.15) is 44.4 Å². The molecule has 0 saturated heterocycles. The number of para-hydroxylation sites is 1. The summed E-state index contributed by atoms with van der Waals surface area (Å²) in [5, 5.41) is 12.9. The van der Waals surface area contributed by atoms with Gasteiger partial charge in [-0.3, -0.25) is 14.6 Å². The van der Waals surface area contributed by atoms with Gasteiger partial charge in [0.1, 0.15) is 5.75 Å². The number of rotatable bonds is 8. The van der Waals surface area contributed by atoms with Crippen LogP contribution in [0.25, 0.3) is 0 Å². The lowest BCUT2D eigenvalue weighted by molar-refractivity contribution is -0.116. The van der Waals surface area contributed by atoms with Crippen LogP contribution in [-0.2, 0) is 17.9 Å². The predicted octanol–water partition coefficient (Wildman–Crippen LogP) is 3.78. The van der Waals surface area contributed by atoms with Crippen molar-refractivity contribution in [2.45, 2.75) is 52.2 Å². The second kappa shape index (κ2) is 7.97. The normalized spacial score (nSPS) is 14.0. The molecule has 0 bridgehead atoms. The number of hydrogen-bond donors (Lipinski definition) is 1. The highest BCUT2D eigenvalue weighted by molar-refractivity contribution is 7.14. The van der Waals surface area contributed by atoms with Gasteiger partial charge >= 0.3 is 0 Å². The first-order chi connectivity index (χ1) is 12.1. The van der Waals surface area contributed by atoms with Crippen LogP contribution in [0.15, 0.2) is 29.6 Å². The number of hydrogen-bond acceptors (Lipinski definition) is 5. The highest BCUT2D eigenvalue weighted by atomic mass is 32.1. The van der Waals surface area contributed by atoms with Crippen molar-refractivity contribution < 1.29 is 9.90 Å². The van der Waals surface area contributed by atoms with E-state index in [1.54, 1.807) is 24.3 Å². The van der Waals surface area contributed by atoms with E-state index in [0.717, 1.165) is 48.7 Å². The minimum atomic E-state index is 0.0722. The number of anilines is 1. The van der Waals surface area contributed by atoms with Gasteiger partial charge in [0.25, 0.3) is 0 Å². The highest BCUT2D eigenvalue weighted by Crippen LogP contribution is 2.33. The fourth-order valence-corrected chi connectivity index (χ4v) is 3.93. The number of aromatic nitrogens is 1. The van der Waals surface area contributed by atoms with Gasteiger partial charge in [0.2, 0.25) is 5.91 Å². The smallest absolute Gasteiger partial charge is 0.225 e. The first kappa shape index (κ1) is 17.9. The third-order valence-corrected chi connectivity index (χ3v) is 5.20. The molecule has 2 aromatic rings. The third-order valence-electron chi connectivity index (χ3n) is 4.31. The number of carbonyl (C=O) groups is 1. The molecule has 1 N–H and O–H groups in total. The number of benzene rings is 1. The summed E-state index contributed by atoms with van der Waals surface area (Å²) in [6, 6.07) is 7.80. The number of phenols is 1. The van der Waals surface area contributed by atoms with E-state index in [1.165, 1.54) is 0 Å². The molecule has 3 rings (SSSR count). The molecule has 5 nitrogen and oxygen atoms in total. The van der Waals surface area contributed by atoms with Crippen LogP contribution in [0.2, 0.25) is 0 Å². The van der Waals surface area contributed by atoms with Gasteiger partial charge < -0.3 is 5.11 Å². The average Bonchev–Trinajstić information content (AvgIpc) is 3.29. The van der Waals surface area contributed by atoms with Gasteiger partial charge in [0.15, 0.2) is 5.13 Å². The molecule has 0 aliphatic heterocycles. The van der Waals surface area contributed by atoms with Gasteiger partial charge in [-0.05, 0) is 31.9 Å². The van der Waals surface area contributed by atoms with Gasteiger partial charge in [0.05, 0.1) is 5.69 Å². The Morgan fingerprint density at radius 3 is 2.72 bits per heavy atom. The SMILES string of the molecule is CCCN(Cc1csc(N(C(C)=O)C2CC2)n1)Cc1ccccc1O. The summed E-state index contributed by atoms with van der Waals surface area (Å²) in [6.45, 7) is 6.09. The Morgan fingerprint density at radius 2 is 2.08 bits per heavy atom. The Kier molecular flexibility index (Phi) is 5.71. The van der Waals surface area contributed by atoms with Gasteiger partial charge in [-0.25, -0.2) is 4.98 Å². The number of nitrogens with zero attached hydrogens (tertiary/aromatic N) is 3. The van der Waals surface area contributed by atoms with E-state index in [-0.39, 0.29) is 5.91 Å². The van der Waals surface area contributed by atoms with E-state index < -0.39 is 0 Å². The molecule has 1 aliphatic carbocycles.